The molecule has 3 aromatic rings. The SMILES string of the molecule is CO/N=C1\C[C@@H](CCCC(=O)Nc2ncc(C)s2)C2C3CCc4c(cc5ncoc5c4Cl)C3CC[C@]12C. The fraction of sp³-hybridized carbons (Fsp3) is 0.571. The minimum atomic E-state index is 0.0296. The van der Waals surface area contributed by atoms with Crippen LogP contribution in [0.5, 0.6) is 0 Å². The zero-order chi connectivity index (χ0) is 25.7. The van der Waals surface area contributed by atoms with Crippen molar-refractivity contribution in [2.45, 2.75) is 71.1 Å². The van der Waals surface area contributed by atoms with Crippen molar-refractivity contribution >= 4 is 50.8 Å². The number of nitrogens with one attached hydrogen (secondary N) is 1. The third kappa shape index (κ3) is 4.26. The standard InChI is InChI=1S/C28H33ClN4O3S/c1-15-13-30-27(37-15)32-23(34)6-4-5-16-11-22(33-35-3)28(2)10-9-17-18(24(16)28)7-8-19-20(17)12-21-26(25(19)29)36-14-31-21/h12-14,16-18,24H,4-11H2,1-3H3,(H,30,32,34)/b33-22+/t16-,17?,18?,24?,28-/m1/s1. The van der Waals surface area contributed by atoms with Crippen LogP contribution in [-0.4, -0.2) is 28.7 Å². The van der Waals surface area contributed by atoms with Gasteiger partial charge in [-0.15, -0.1) is 11.3 Å². The van der Waals surface area contributed by atoms with Crippen molar-refractivity contribution < 1.29 is 14.0 Å². The Morgan fingerprint density at radius 2 is 2.24 bits per heavy atom. The molecule has 196 valence electrons. The molecule has 0 spiro atoms. The molecule has 0 radical (unpaired) electrons. The lowest BCUT2D eigenvalue weighted by Gasteiger charge is -2.50. The molecule has 1 aromatic carbocycles. The van der Waals surface area contributed by atoms with Crippen LogP contribution in [0.4, 0.5) is 5.13 Å². The van der Waals surface area contributed by atoms with Gasteiger partial charge < -0.3 is 14.6 Å². The summed E-state index contributed by atoms with van der Waals surface area (Å²) in [5, 5.41) is 8.92. The Kier molecular flexibility index (Phi) is 6.51. The summed E-state index contributed by atoms with van der Waals surface area (Å²) < 4.78 is 5.59. The lowest BCUT2D eigenvalue weighted by molar-refractivity contribution is -0.116. The Morgan fingerprint density at radius 3 is 3.03 bits per heavy atom. The Bertz CT molecular complexity index is 1370. The van der Waals surface area contributed by atoms with E-state index in [1.165, 1.54) is 34.6 Å². The largest absolute Gasteiger partial charge is 0.442 e. The van der Waals surface area contributed by atoms with E-state index in [1.807, 2.05) is 6.92 Å². The molecule has 2 aromatic heterocycles. The first-order chi connectivity index (χ1) is 17.9. The summed E-state index contributed by atoms with van der Waals surface area (Å²) in [5.74, 6) is 2.04. The lowest BCUT2D eigenvalue weighted by Crippen LogP contribution is -2.44. The number of aryl methyl sites for hydroxylation is 1. The van der Waals surface area contributed by atoms with E-state index < -0.39 is 0 Å². The van der Waals surface area contributed by atoms with Crippen molar-refractivity contribution in [3.05, 3.63) is 39.7 Å². The van der Waals surface area contributed by atoms with Crippen LogP contribution in [0.2, 0.25) is 5.02 Å². The van der Waals surface area contributed by atoms with E-state index in [-0.39, 0.29) is 11.3 Å². The molecule has 6 rings (SSSR count). The fourth-order valence-corrected chi connectivity index (χ4v) is 8.73. The van der Waals surface area contributed by atoms with Crippen LogP contribution in [-0.2, 0) is 16.1 Å². The van der Waals surface area contributed by atoms with Crippen molar-refractivity contribution in [3.63, 3.8) is 0 Å². The van der Waals surface area contributed by atoms with Crippen molar-refractivity contribution in [1.82, 2.24) is 9.97 Å². The second-order valence-corrected chi connectivity index (χ2v) is 12.8. The molecule has 1 amide bonds. The van der Waals surface area contributed by atoms with E-state index >= 15 is 0 Å². The quantitative estimate of drug-likeness (QED) is 0.335. The Labute approximate surface area is 226 Å². The fourth-order valence-electron chi connectivity index (χ4n) is 7.71. The second kappa shape index (κ2) is 9.70. The number of halogens is 1. The first-order valence-electron chi connectivity index (χ1n) is 13.3. The van der Waals surface area contributed by atoms with Gasteiger partial charge in [-0.05, 0) is 92.7 Å². The summed E-state index contributed by atoms with van der Waals surface area (Å²) in [7, 11) is 1.65. The monoisotopic (exact) mass is 540 g/mol. The Balaban J connectivity index is 1.23. The van der Waals surface area contributed by atoms with Crippen molar-refractivity contribution in [2.24, 2.45) is 28.3 Å². The third-order valence-electron chi connectivity index (χ3n) is 9.19. The van der Waals surface area contributed by atoms with Crippen LogP contribution in [0, 0.1) is 30.1 Å². The molecule has 0 bridgehead atoms. The zero-order valence-corrected chi connectivity index (χ0v) is 23.1. The van der Waals surface area contributed by atoms with Gasteiger partial charge in [-0.25, -0.2) is 9.97 Å². The van der Waals surface area contributed by atoms with Gasteiger partial charge in [0.1, 0.15) is 12.6 Å². The summed E-state index contributed by atoms with van der Waals surface area (Å²) in [5.41, 5.74) is 5.38. The van der Waals surface area contributed by atoms with Crippen LogP contribution in [0.25, 0.3) is 11.1 Å². The first-order valence-corrected chi connectivity index (χ1v) is 14.5. The lowest BCUT2D eigenvalue weighted by atomic mass is 9.54. The molecule has 3 unspecified atom stereocenters. The summed E-state index contributed by atoms with van der Waals surface area (Å²) in [6.07, 6.45) is 10.8. The molecule has 3 aliphatic rings. The number of hydrogen-bond donors (Lipinski definition) is 1. The molecule has 37 heavy (non-hydrogen) atoms. The van der Waals surface area contributed by atoms with E-state index in [4.69, 9.17) is 20.9 Å². The molecule has 0 saturated heterocycles. The molecule has 2 fully saturated rings. The van der Waals surface area contributed by atoms with Gasteiger partial charge in [0.05, 0.1) is 10.7 Å². The number of nitrogens with zero attached hydrogens (tertiary/aromatic N) is 3. The number of benzene rings is 1. The van der Waals surface area contributed by atoms with Gasteiger partial charge in [0.15, 0.2) is 17.1 Å². The highest BCUT2D eigenvalue weighted by molar-refractivity contribution is 7.15. The highest BCUT2D eigenvalue weighted by Gasteiger charge is 2.57. The maximum atomic E-state index is 12.6. The van der Waals surface area contributed by atoms with Crippen LogP contribution in [0.3, 0.4) is 0 Å². The van der Waals surface area contributed by atoms with E-state index in [2.05, 4.69) is 33.4 Å². The number of oxazole rings is 1. The van der Waals surface area contributed by atoms with Crippen LogP contribution >= 0.6 is 22.9 Å². The number of aromatic nitrogens is 2. The van der Waals surface area contributed by atoms with Crippen LogP contribution in [0.1, 0.15) is 73.8 Å². The minimum Gasteiger partial charge on any atom is -0.442 e. The summed E-state index contributed by atoms with van der Waals surface area (Å²) >= 11 is 8.32. The van der Waals surface area contributed by atoms with E-state index in [9.17, 15) is 4.79 Å². The molecule has 9 heteroatoms. The molecule has 1 N–H and O–H groups in total. The minimum absolute atomic E-state index is 0.0296. The average molecular weight is 541 g/mol. The van der Waals surface area contributed by atoms with Crippen molar-refractivity contribution in [2.75, 3.05) is 12.4 Å². The number of oxime groups is 1. The molecule has 2 heterocycles. The second-order valence-electron chi connectivity index (χ2n) is 11.2. The molecular formula is C28H33ClN4O3S. The van der Waals surface area contributed by atoms with Gasteiger partial charge in [0, 0.05) is 22.9 Å². The van der Waals surface area contributed by atoms with Gasteiger partial charge in [0.2, 0.25) is 5.91 Å². The Hall–Kier alpha value is -2.45. The molecule has 5 atom stereocenters. The predicted molar refractivity (Wildman–Crippen MR) is 146 cm³/mol. The van der Waals surface area contributed by atoms with E-state index in [1.54, 1.807) is 13.3 Å². The zero-order valence-electron chi connectivity index (χ0n) is 21.6. The number of anilines is 1. The maximum Gasteiger partial charge on any atom is 0.226 e. The highest BCUT2D eigenvalue weighted by atomic mass is 35.5. The number of hydrogen-bond acceptors (Lipinski definition) is 7. The number of rotatable bonds is 6. The smallest absolute Gasteiger partial charge is 0.226 e. The van der Waals surface area contributed by atoms with E-state index in [0.29, 0.717) is 40.8 Å². The molecule has 3 aliphatic carbocycles. The van der Waals surface area contributed by atoms with Gasteiger partial charge >= 0.3 is 0 Å². The first kappa shape index (κ1) is 24.9. The molecule has 7 nitrogen and oxygen atoms in total. The van der Waals surface area contributed by atoms with Gasteiger partial charge in [-0.3, -0.25) is 4.79 Å². The average Bonchev–Trinajstić information content (AvgIpc) is 3.57. The normalized spacial score (nSPS) is 29.7. The third-order valence-corrected chi connectivity index (χ3v) is 10.4. The summed E-state index contributed by atoms with van der Waals surface area (Å²) in [4.78, 5) is 27.7. The maximum absolute atomic E-state index is 12.6. The molecular weight excluding hydrogens is 508 g/mol. The van der Waals surface area contributed by atoms with E-state index in [0.717, 1.165) is 60.4 Å². The van der Waals surface area contributed by atoms with Gasteiger partial charge in [0.25, 0.3) is 0 Å². The predicted octanol–water partition coefficient (Wildman–Crippen LogP) is 7.14. The van der Waals surface area contributed by atoms with Gasteiger partial charge in [-0.2, -0.15) is 0 Å². The number of carbonyl (C=O) groups is 1. The number of fused-ring (bicyclic) bond motifs is 6. The van der Waals surface area contributed by atoms with Crippen LogP contribution < -0.4 is 5.32 Å². The van der Waals surface area contributed by atoms with Gasteiger partial charge in [-0.1, -0.05) is 23.7 Å². The summed E-state index contributed by atoms with van der Waals surface area (Å²) in [6, 6.07) is 2.22. The number of amides is 1. The molecule has 0 aliphatic heterocycles. The number of thiazole rings is 1. The van der Waals surface area contributed by atoms with Crippen molar-refractivity contribution in [1.29, 1.82) is 0 Å². The van der Waals surface area contributed by atoms with Crippen LogP contribution in [0.15, 0.2) is 28.2 Å². The topological polar surface area (TPSA) is 89.6 Å². The molecule has 2 saturated carbocycles. The number of carbonyl (C=O) groups excluding carboxylic acids is 1. The highest BCUT2D eigenvalue weighted by Crippen LogP contribution is 2.63. The Morgan fingerprint density at radius 1 is 1.38 bits per heavy atom. The summed E-state index contributed by atoms with van der Waals surface area (Å²) in [6.45, 7) is 4.39. The van der Waals surface area contributed by atoms with Crippen molar-refractivity contribution in [3.8, 4) is 0 Å².